The number of hydrogen-bond donors (Lipinski definition) is 1. The smallest absolute Gasteiger partial charge is 0.245 e. The lowest BCUT2D eigenvalue weighted by molar-refractivity contribution is -0.157. The standard InChI is InChI=1S/C22H39N3O5/c1-5-6-8-17-12-25(21(27)19(17)13-23(29)15-26)20(11-16(2)3)22(28)24-10-7-9-18(24)14-30-4/h15-20,29H,5-14H2,1-4H3/t17-,18-,19+,20-/m0/s1. The van der Waals surface area contributed by atoms with E-state index >= 15 is 0 Å². The average molecular weight is 426 g/mol. The second-order valence-electron chi connectivity index (χ2n) is 9.16. The van der Waals surface area contributed by atoms with Crippen molar-refractivity contribution < 1.29 is 24.3 Å². The molecule has 8 heteroatoms. The number of hydrogen-bond acceptors (Lipinski definition) is 5. The number of rotatable bonds is 12. The van der Waals surface area contributed by atoms with Gasteiger partial charge in [0.15, 0.2) is 0 Å². The van der Waals surface area contributed by atoms with Gasteiger partial charge in [0.1, 0.15) is 6.04 Å². The third kappa shape index (κ3) is 5.94. The summed E-state index contributed by atoms with van der Waals surface area (Å²) in [6.07, 6.45) is 5.63. The van der Waals surface area contributed by atoms with Gasteiger partial charge in [0.05, 0.1) is 25.1 Å². The number of unbranched alkanes of at least 4 members (excludes halogenated alkanes) is 1. The highest BCUT2D eigenvalue weighted by Gasteiger charge is 2.47. The van der Waals surface area contributed by atoms with Crippen molar-refractivity contribution >= 4 is 18.2 Å². The van der Waals surface area contributed by atoms with Crippen molar-refractivity contribution in [2.45, 2.75) is 71.4 Å². The molecule has 2 rings (SSSR count). The van der Waals surface area contributed by atoms with Gasteiger partial charge in [-0.15, -0.1) is 0 Å². The van der Waals surface area contributed by atoms with Gasteiger partial charge in [0.25, 0.3) is 0 Å². The summed E-state index contributed by atoms with van der Waals surface area (Å²) in [6, 6.07) is -0.447. The van der Waals surface area contributed by atoms with E-state index in [0.717, 1.165) is 32.1 Å². The van der Waals surface area contributed by atoms with E-state index in [2.05, 4.69) is 20.8 Å². The molecule has 0 aromatic carbocycles. The predicted octanol–water partition coefficient (Wildman–Crippen LogP) is 2.15. The van der Waals surface area contributed by atoms with Crippen LogP contribution in [0.4, 0.5) is 0 Å². The molecule has 0 spiro atoms. The van der Waals surface area contributed by atoms with Crippen molar-refractivity contribution in [1.82, 2.24) is 14.9 Å². The van der Waals surface area contributed by atoms with Gasteiger partial charge in [0.2, 0.25) is 18.2 Å². The van der Waals surface area contributed by atoms with Crippen LogP contribution in [0.3, 0.4) is 0 Å². The second-order valence-corrected chi connectivity index (χ2v) is 9.16. The van der Waals surface area contributed by atoms with Crippen LogP contribution in [0.2, 0.25) is 0 Å². The van der Waals surface area contributed by atoms with Crippen LogP contribution >= 0.6 is 0 Å². The SMILES string of the molecule is CCCC[C@H]1CN([C@@H](CC(C)C)C(=O)N2CCC[C@H]2COC)C(=O)[C@@H]1CN(O)C=O. The molecule has 1 N–H and O–H groups in total. The fourth-order valence-electron chi connectivity index (χ4n) is 4.89. The Morgan fingerprint density at radius 1 is 1.40 bits per heavy atom. The highest BCUT2D eigenvalue weighted by Crippen LogP contribution is 2.33. The maximum absolute atomic E-state index is 13.6. The van der Waals surface area contributed by atoms with E-state index in [9.17, 15) is 19.6 Å². The Kier molecular flexibility index (Phi) is 9.55. The Balaban J connectivity index is 2.25. The monoisotopic (exact) mass is 425 g/mol. The van der Waals surface area contributed by atoms with E-state index in [1.54, 1.807) is 12.0 Å². The van der Waals surface area contributed by atoms with Gasteiger partial charge >= 0.3 is 0 Å². The molecular weight excluding hydrogens is 386 g/mol. The molecular formula is C22H39N3O5. The number of likely N-dealkylation sites (tertiary alicyclic amines) is 2. The van der Waals surface area contributed by atoms with Gasteiger partial charge in [-0.2, -0.15) is 0 Å². The van der Waals surface area contributed by atoms with E-state index in [1.165, 1.54) is 0 Å². The summed E-state index contributed by atoms with van der Waals surface area (Å²) in [5.74, 6) is -0.306. The first kappa shape index (κ1) is 24.6. The van der Waals surface area contributed by atoms with Crippen LogP contribution in [0.5, 0.6) is 0 Å². The van der Waals surface area contributed by atoms with E-state index in [4.69, 9.17) is 4.74 Å². The first-order valence-electron chi connectivity index (χ1n) is 11.3. The fourth-order valence-corrected chi connectivity index (χ4v) is 4.89. The highest BCUT2D eigenvalue weighted by atomic mass is 16.5. The number of amides is 3. The highest BCUT2D eigenvalue weighted by molar-refractivity contribution is 5.90. The molecule has 4 atom stereocenters. The molecule has 8 nitrogen and oxygen atoms in total. The van der Waals surface area contributed by atoms with Crippen LogP contribution in [0, 0.1) is 17.8 Å². The van der Waals surface area contributed by atoms with Crippen molar-refractivity contribution in [2.75, 3.05) is 33.4 Å². The number of ether oxygens (including phenoxy) is 1. The summed E-state index contributed by atoms with van der Waals surface area (Å²) >= 11 is 0. The predicted molar refractivity (Wildman–Crippen MR) is 113 cm³/mol. The van der Waals surface area contributed by atoms with Gasteiger partial charge in [-0.05, 0) is 37.5 Å². The largest absolute Gasteiger partial charge is 0.383 e. The maximum atomic E-state index is 13.6. The molecule has 0 saturated carbocycles. The first-order chi connectivity index (χ1) is 14.3. The molecule has 0 aliphatic carbocycles. The molecule has 172 valence electrons. The summed E-state index contributed by atoms with van der Waals surface area (Å²) in [4.78, 5) is 41.5. The Morgan fingerprint density at radius 3 is 2.73 bits per heavy atom. The van der Waals surface area contributed by atoms with Crippen LogP contribution in [0.1, 0.15) is 59.3 Å². The lowest BCUT2D eigenvalue weighted by Gasteiger charge is -2.34. The molecule has 0 aromatic rings. The third-order valence-corrected chi connectivity index (χ3v) is 6.41. The molecule has 0 radical (unpaired) electrons. The third-order valence-electron chi connectivity index (χ3n) is 6.41. The van der Waals surface area contributed by atoms with Gasteiger partial charge in [-0.25, -0.2) is 5.06 Å². The van der Waals surface area contributed by atoms with Crippen LogP contribution in [0.25, 0.3) is 0 Å². The number of nitrogens with zero attached hydrogens (tertiary/aromatic N) is 3. The lowest BCUT2D eigenvalue weighted by Crippen LogP contribution is -2.52. The molecule has 0 bridgehead atoms. The first-order valence-corrected chi connectivity index (χ1v) is 11.3. The second kappa shape index (κ2) is 11.6. The fraction of sp³-hybridized carbons (Fsp3) is 0.864. The van der Waals surface area contributed by atoms with Crippen LogP contribution in [-0.2, 0) is 19.1 Å². The summed E-state index contributed by atoms with van der Waals surface area (Å²) in [7, 11) is 1.65. The van der Waals surface area contributed by atoms with Crippen LogP contribution in [-0.4, -0.2) is 83.7 Å². The van der Waals surface area contributed by atoms with E-state index in [0.29, 0.717) is 37.6 Å². The molecule has 0 unspecified atom stereocenters. The Hall–Kier alpha value is -1.67. The molecule has 2 fully saturated rings. The molecule has 2 aliphatic rings. The molecule has 30 heavy (non-hydrogen) atoms. The van der Waals surface area contributed by atoms with Crippen molar-refractivity contribution in [2.24, 2.45) is 17.8 Å². The van der Waals surface area contributed by atoms with E-state index in [-0.39, 0.29) is 36.2 Å². The number of carbonyl (C=O) groups is 3. The van der Waals surface area contributed by atoms with E-state index < -0.39 is 12.0 Å². The minimum Gasteiger partial charge on any atom is -0.383 e. The zero-order valence-electron chi connectivity index (χ0n) is 19.0. The minimum atomic E-state index is -0.507. The van der Waals surface area contributed by atoms with Crippen molar-refractivity contribution in [1.29, 1.82) is 0 Å². The Labute approximate surface area is 180 Å². The average Bonchev–Trinajstić information content (AvgIpc) is 3.29. The summed E-state index contributed by atoms with van der Waals surface area (Å²) in [6.45, 7) is 7.91. The topological polar surface area (TPSA) is 90.4 Å². The number of methoxy groups -OCH3 is 1. The zero-order valence-corrected chi connectivity index (χ0v) is 19.0. The molecule has 3 amide bonds. The number of hydroxylamine groups is 2. The van der Waals surface area contributed by atoms with Crippen molar-refractivity contribution in [3.8, 4) is 0 Å². The molecule has 2 aliphatic heterocycles. The van der Waals surface area contributed by atoms with Gasteiger partial charge in [-0.1, -0.05) is 33.6 Å². The van der Waals surface area contributed by atoms with Gasteiger partial charge in [-0.3, -0.25) is 19.6 Å². The summed E-state index contributed by atoms with van der Waals surface area (Å²) in [5, 5.41) is 10.3. The van der Waals surface area contributed by atoms with E-state index in [1.807, 2.05) is 4.90 Å². The minimum absolute atomic E-state index is 0.00253. The molecule has 0 aromatic heterocycles. The quantitative estimate of drug-likeness (QED) is 0.294. The van der Waals surface area contributed by atoms with Crippen molar-refractivity contribution in [3.05, 3.63) is 0 Å². The molecule has 2 heterocycles. The summed E-state index contributed by atoms with van der Waals surface area (Å²) in [5.41, 5.74) is 0. The normalized spacial score (nSPS) is 25.3. The Morgan fingerprint density at radius 2 is 2.13 bits per heavy atom. The lowest BCUT2D eigenvalue weighted by atomic mass is 9.90. The molecule has 2 saturated heterocycles. The van der Waals surface area contributed by atoms with Gasteiger partial charge in [0, 0.05) is 20.2 Å². The maximum Gasteiger partial charge on any atom is 0.245 e. The van der Waals surface area contributed by atoms with Gasteiger partial charge < -0.3 is 14.5 Å². The van der Waals surface area contributed by atoms with Crippen LogP contribution < -0.4 is 0 Å². The van der Waals surface area contributed by atoms with Crippen molar-refractivity contribution in [3.63, 3.8) is 0 Å². The van der Waals surface area contributed by atoms with Crippen LogP contribution in [0.15, 0.2) is 0 Å². The summed E-state index contributed by atoms with van der Waals surface area (Å²) < 4.78 is 5.31. The Bertz CT molecular complexity index is 585. The number of carbonyl (C=O) groups excluding carboxylic acids is 3. The zero-order chi connectivity index (χ0) is 22.3.